The van der Waals surface area contributed by atoms with E-state index in [-0.39, 0.29) is 5.41 Å². The van der Waals surface area contributed by atoms with E-state index in [1.807, 2.05) is 6.20 Å². The predicted octanol–water partition coefficient (Wildman–Crippen LogP) is 6.79. The van der Waals surface area contributed by atoms with Crippen molar-refractivity contribution >= 4 is 10.9 Å². The van der Waals surface area contributed by atoms with Gasteiger partial charge in [0.2, 0.25) is 0 Å². The quantitative estimate of drug-likeness (QED) is 0.415. The van der Waals surface area contributed by atoms with E-state index >= 15 is 0 Å². The molecule has 0 aliphatic carbocycles. The van der Waals surface area contributed by atoms with Gasteiger partial charge < -0.3 is 10.3 Å². The van der Waals surface area contributed by atoms with E-state index < -0.39 is 0 Å². The molecule has 2 saturated heterocycles. The molecule has 5 rings (SSSR count). The molecule has 2 fully saturated rings. The average molecular weight is 473 g/mol. The number of pyridine rings is 1. The van der Waals surface area contributed by atoms with Crippen LogP contribution in [0.15, 0.2) is 36.5 Å². The Morgan fingerprint density at radius 2 is 1.86 bits per heavy atom. The van der Waals surface area contributed by atoms with E-state index in [9.17, 15) is 0 Å². The molecule has 1 unspecified atom stereocenters. The summed E-state index contributed by atoms with van der Waals surface area (Å²) in [6, 6.07) is 12.3. The van der Waals surface area contributed by atoms with Gasteiger partial charge >= 0.3 is 0 Å². The third-order valence-electron chi connectivity index (χ3n) is 8.57. The Kier molecular flexibility index (Phi) is 7.05. The minimum absolute atomic E-state index is 0.107. The average Bonchev–Trinajstić information content (AvgIpc) is 3.24. The highest BCUT2D eigenvalue weighted by Gasteiger charge is 2.34. The largest absolute Gasteiger partial charge is 0.354 e. The fraction of sp³-hybridized carbons (Fsp3) is 0.581. The smallest absolute Gasteiger partial charge is 0.0501 e. The van der Waals surface area contributed by atoms with Crippen LogP contribution in [-0.4, -0.2) is 47.1 Å². The van der Waals surface area contributed by atoms with Crippen LogP contribution in [-0.2, 0) is 5.41 Å². The van der Waals surface area contributed by atoms with Gasteiger partial charge in [-0.1, -0.05) is 40.2 Å². The number of likely N-dealkylation sites (tertiary alicyclic amines) is 1. The number of H-pyrrole nitrogens is 1. The molecule has 0 saturated carbocycles. The number of aryl methyl sites for hydroxylation is 1. The molecule has 35 heavy (non-hydrogen) atoms. The maximum atomic E-state index is 4.41. The zero-order chi connectivity index (χ0) is 24.6. The van der Waals surface area contributed by atoms with Gasteiger partial charge in [0, 0.05) is 46.4 Å². The second kappa shape index (κ2) is 10.1. The summed E-state index contributed by atoms with van der Waals surface area (Å²) >= 11 is 0. The predicted molar refractivity (Wildman–Crippen MR) is 148 cm³/mol. The molecule has 188 valence electrons. The van der Waals surface area contributed by atoms with E-state index in [1.165, 1.54) is 85.0 Å². The summed E-state index contributed by atoms with van der Waals surface area (Å²) in [4.78, 5) is 11.0. The molecular weight excluding hydrogens is 428 g/mol. The second-order valence-corrected chi connectivity index (χ2v) is 12.0. The van der Waals surface area contributed by atoms with Crippen LogP contribution < -0.4 is 5.32 Å². The first-order valence-electron chi connectivity index (χ1n) is 13.9. The highest BCUT2D eigenvalue weighted by atomic mass is 15.2. The number of nitrogens with zero attached hydrogens (tertiary/aromatic N) is 2. The second-order valence-electron chi connectivity index (χ2n) is 12.0. The molecule has 0 radical (unpaired) electrons. The van der Waals surface area contributed by atoms with E-state index in [0.717, 1.165) is 24.2 Å². The molecule has 2 aliphatic rings. The van der Waals surface area contributed by atoms with Crippen LogP contribution in [0.1, 0.15) is 82.5 Å². The van der Waals surface area contributed by atoms with Crippen LogP contribution in [0.3, 0.4) is 0 Å². The van der Waals surface area contributed by atoms with Crippen LogP contribution in [0.4, 0.5) is 0 Å². The summed E-state index contributed by atoms with van der Waals surface area (Å²) < 4.78 is 0. The lowest BCUT2D eigenvalue weighted by Crippen LogP contribution is -2.50. The van der Waals surface area contributed by atoms with Crippen molar-refractivity contribution in [2.75, 3.05) is 26.2 Å². The topological polar surface area (TPSA) is 44.0 Å². The molecule has 3 aromatic rings. The standard InChI is InChI=1S/C31H44N4/c1-21(2)29-26-19-25(9-10-27(26)34-30(29)24-13-16-33-22(3)18-24)31(4,5)20-35-17-7-6-8-28(35)23-11-14-32-15-12-23/h9-10,13,16,18-19,21,23,28,32,34H,6-8,11-12,14-15,17,20H2,1-5H3. The van der Waals surface area contributed by atoms with Gasteiger partial charge in [0.05, 0.1) is 5.69 Å². The lowest BCUT2D eigenvalue weighted by molar-refractivity contribution is 0.0672. The first-order chi connectivity index (χ1) is 16.8. The highest BCUT2D eigenvalue weighted by Crippen LogP contribution is 2.39. The number of aromatic amines is 1. The molecule has 0 bridgehead atoms. The van der Waals surface area contributed by atoms with Crippen molar-refractivity contribution in [2.24, 2.45) is 5.92 Å². The van der Waals surface area contributed by atoms with Crippen molar-refractivity contribution in [1.82, 2.24) is 20.2 Å². The first kappa shape index (κ1) is 24.5. The number of hydrogen-bond acceptors (Lipinski definition) is 3. The molecule has 0 spiro atoms. The highest BCUT2D eigenvalue weighted by molar-refractivity contribution is 5.92. The van der Waals surface area contributed by atoms with E-state index in [1.54, 1.807) is 0 Å². The van der Waals surface area contributed by atoms with E-state index in [2.05, 4.69) is 85.1 Å². The van der Waals surface area contributed by atoms with Crippen molar-refractivity contribution in [3.8, 4) is 11.3 Å². The summed E-state index contributed by atoms with van der Waals surface area (Å²) in [7, 11) is 0. The number of rotatable bonds is 6. The van der Waals surface area contributed by atoms with Crippen molar-refractivity contribution in [2.45, 2.75) is 84.1 Å². The molecule has 4 heterocycles. The zero-order valence-corrected chi connectivity index (χ0v) is 22.5. The Morgan fingerprint density at radius 3 is 2.60 bits per heavy atom. The summed E-state index contributed by atoms with van der Waals surface area (Å²) in [6.45, 7) is 16.4. The number of piperidine rings is 2. The third kappa shape index (κ3) is 5.06. The fourth-order valence-electron chi connectivity index (χ4n) is 6.74. The van der Waals surface area contributed by atoms with Crippen molar-refractivity contribution < 1.29 is 0 Å². The molecule has 2 N–H and O–H groups in total. The molecule has 1 aromatic carbocycles. The van der Waals surface area contributed by atoms with Gasteiger partial charge in [-0.15, -0.1) is 0 Å². The van der Waals surface area contributed by atoms with Crippen LogP contribution in [0.25, 0.3) is 22.2 Å². The molecular formula is C31H44N4. The fourth-order valence-corrected chi connectivity index (χ4v) is 6.74. The molecule has 4 nitrogen and oxygen atoms in total. The number of fused-ring (bicyclic) bond motifs is 1. The normalized spacial score (nSPS) is 20.7. The Hall–Kier alpha value is -2.17. The van der Waals surface area contributed by atoms with E-state index in [4.69, 9.17) is 0 Å². The van der Waals surface area contributed by atoms with Crippen molar-refractivity contribution in [3.63, 3.8) is 0 Å². The lowest BCUT2D eigenvalue weighted by Gasteiger charge is -2.45. The maximum Gasteiger partial charge on any atom is 0.0501 e. The lowest BCUT2D eigenvalue weighted by atomic mass is 9.79. The van der Waals surface area contributed by atoms with Crippen LogP contribution in [0.2, 0.25) is 0 Å². The first-order valence-corrected chi connectivity index (χ1v) is 13.9. The molecule has 2 aliphatic heterocycles. The Balaban J connectivity index is 1.47. The summed E-state index contributed by atoms with van der Waals surface area (Å²) in [5.41, 5.74) is 7.77. The van der Waals surface area contributed by atoms with Crippen molar-refractivity contribution in [3.05, 3.63) is 53.3 Å². The van der Waals surface area contributed by atoms with E-state index in [0.29, 0.717) is 5.92 Å². The summed E-state index contributed by atoms with van der Waals surface area (Å²) in [5, 5.41) is 4.94. The molecule has 0 amide bonds. The summed E-state index contributed by atoms with van der Waals surface area (Å²) in [5.74, 6) is 1.30. The van der Waals surface area contributed by atoms with Crippen LogP contribution in [0, 0.1) is 12.8 Å². The van der Waals surface area contributed by atoms with Gasteiger partial charge in [0.25, 0.3) is 0 Å². The monoisotopic (exact) mass is 472 g/mol. The number of hydrogen-bond donors (Lipinski definition) is 2. The van der Waals surface area contributed by atoms with Gasteiger partial charge in [-0.05, 0) is 99.5 Å². The minimum Gasteiger partial charge on any atom is -0.354 e. The number of aromatic nitrogens is 2. The molecule has 2 aromatic heterocycles. The number of benzene rings is 1. The minimum atomic E-state index is 0.107. The number of nitrogens with one attached hydrogen (secondary N) is 2. The van der Waals surface area contributed by atoms with Crippen molar-refractivity contribution in [1.29, 1.82) is 0 Å². The summed E-state index contributed by atoms with van der Waals surface area (Å²) in [6.07, 6.45) is 8.73. The third-order valence-corrected chi connectivity index (χ3v) is 8.57. The SMILES string of the molecule is Cc1cc(-c2[nH]c3ccc(C(C)(C)CN4CCCCC4C4CCNCC4)cc3c2C(C)C)ccn1. The zero-order valence-electron chi connectivity index (χ0n) is 22.5. The van der Waals surface area contributed by atoms with Crippen LogP contribution >= 0.6 is 0 Å². The maximum absolute atomic E-state index is 4.41. The van der Waals surface area contributed by atoms with Gasteiger partial charge in [-0.25, -0.2) is 0 Å². The van der Waals surface area contributed by atoms with Crippen LogP contribution in [0.5, 0.6) is 0 Å². The molecule has 1 atom stereocenters. The Morgan fingerprint density at radius 1 is 1.06 bits per heavy atom. The molecule has 4 heteroatoms. The van der Waals surface area contributed by atoms with Gasteiger partial charge in [0.15, 0.2) is 0 Å². The van der Waals surface area contributed by atoms with Gasteiger partial charge in [0.1, 0.15) is 0 Å². The Labute approximate surface area is 211 Å². The van der Waals surface area contributed by atoms with Gasteiger partial charge in [-0.2, -0.15) is 0 Å². The van der Waals surface area contributed by atoms with Gasteiger partial charge in [-0.3, -0.25) is 9.88 Å². The Bertz CT molecular complexity index is 1150.